The van der Waals surface area contributed by atoms with Gasteiger partial charge in [-0.2, -0.15) is 0 Å². The molecule has 15 heavy (non-hydrogen) atoms. The third kappa shape index (κ3) is 8.16. The van der Waals surface area contributed by atoms with Crippen LogP contribution in [0.25, 0.3) is 0 Å². The Morgan fingerprint density at radius 3 is 2.33 bits per heavy atom. The van der Waals surface area contributed by atoms with Crippen LogP contribution < -0.4 is 5.32 Å². The maximum atomic E-state index is 11.2. The van der Waals surface area contributed by atoms with E-state index in [9.17, 15) is 9.59 Å². The summed E-state index contributed by atoms with van der Waals surface area (Å²) in [5, 5.41) is 2.82. The zero-order valence-electron chi connectivity index (χ0n) is 10.1. The van der Waals surface area contributed by atoms with Gasteiger partial charge < -0.3 is 5.32 Å². The molecule has 0 radical (unpaired) electrons. The van der Waals surface area contributed by atoms with Crippen molar-refractivity contribution in [3.05, 3.63) is 0 Å². The van der Waals surface area contributed by atoms with Crippen molar-refractivity contribution in [3.63, 3.8) is 0 Å². The van der Waals surface area contributed by atoms with E-state index in [1.165, 1.54) is 0 Å². The molecule has 0 saturated heterocycles. The van der Waals surface area contributed by atoms with Crippen LogP contribution in [0.1, 0.15) is 52.9 Å². The zero-order chi connectivity index (χ0) is 11.7. The number of hydrogen-bond acceptors (Lipinski definition) is 2. The van der Waals surface area contributed by atoms with E-state index >= 15 is 0 Å². The Kier molecular flexibility index (Phi) is 7.96. The molecule has 0 aliphatic carbocycles. The molecule has 0 bridgehead atoms. The fourth-order valence-electron chi connectivity index (χ4n) is 1.20. The van der Waals surface area contributed by atoms with E-state index in [2.05, 4.69) is 12.2 Å². The molecule has 3 nitrogen and oxygen atoms in total. The largest absolute Gasteiger partial charge is 0.356 e. The molecule has 0 fully saturated rings. The minimum atomic E-state index is 0.105. The first-order chi connectivity index (χ1) is 7.07. The molecular weight excluding hydrogens is 190 g/mol. The molecule has 0 spiro atoms. The van der Waals surface area contributed by atoms with E-state index in [1.807, 2.05) is 13.8 Å². The SMILES string of the molecule is CCCCC(=O)NCCCC(=O)C(C)C. The van der Waals surface area contributed by atoms with Crippen molar-refractivity contribution in [2.24, 2.45) is 5.92 Å². The topological polar surface area (TPSA) is 46.2 Å². The molecule has 0 heterocycles. The summed E-state index contributed by atoms with van der Waals surface area (Å²) in [5.74, 6) is 0.493. The van der Waals surface area contributed by atoms with Crippen LogP contribution in [-0.4, -0.2) is 18.2 Å². The van der Waals surface area contributed by atoms with Crippen molar-refractivity contribution < 1.29 is 9.59 Å². The number of nitrogens with one attached hydrogen (secondary N) is 1. The number of amides is 1. The molecular formula is C12H23NO2. The van der Waals surface area contributed by atoms with Crippen LogP contribution in [0.2, 0.25) is 0 Å². The first-order valence-electron chi connectivity index (χ1n) is 5.87. The van der Waals surface area contributed by atoms with Crippen LogP contribution in [0.3, 0.4) is 0 Å². The summed E-state index contributed by atoms with van der Waals surface area (Å²) in [4.78, 5) is 22.4. The predicted octanol–water partition coefficient (Wildman–Crippen LogP) is 2.30. The molecule has 0 rings (SSSR count). The van der Waals surface area contributed by atoms with E-state index in [0.29, 0.717) is 19.4 Å². The molecule has 3 heteroatoms. The summed E-state index contributed by atoms with van der Waals surface area (Å²) in [5.41, 5.74) is 0. The molecule has 0 aliphatic heterocycles. The van der Waals surface area contributed by atoms with Gasteiger partial charge in [0.2, 0.25) is 5.91 Å². The lowest BCUT2D eigenvalue weighted by Crippen LogP contribution is -2.24. The lowest BCUT2D eigenvalue weighted by atomic mass is 10.0. The quantitative estimate of drug-likeness (QED) is 0.629. The van der Waals surface area contributed by atoms with Gasteiger partial charge in [0.1, 0.15) is 5.78 Å². The molecule has 1 N–H and O–H groups in total. The van der Waals surface area contributed by atoms with Gasteiger partial charge in [0.25, 0.3) is 0 Å². The van der Waals surface area contributed by atoms with Crippen molar-refractivity contribution in [2.45, 2.75) is 52.9 Å². The summed E-state index contributed by atoms with van der Waals surface area (Å²) >= 11 is 0. The maximum absolute atomic E-state index is 11.2. The average Bonchev–Trinajstić information content (AvgIpc) is 2.20. The van der Waals surface area contributed by atoms with Crippen LogP contribution in [0.5, 0.6) is 0 Å². The minimum absolute atomic E-state index is 0.105. The Labute approximate surface area is 92.6 Å². The van der Waals surface area contributed by atoms with E-state index in [-0.39, 0.29) is 17.6 Å². The Morgan fingerprint density at radius 2 is 1.80 bits per heavy atom. The fraction of sp³-hybridized carbons (Fsp3) is 0.833. The van der Waals surface area contributed by atoms with Crippen molar-refractivity contribution in [1.29, 1.82) is 0 Å². The molecule has 0 aliphatic rings. The monoisotopic (exact) mass is 213 g/mol. The highest BCUT2D eigenvalue weighted by Crippen LogP contribution is 2.01. The molecule has 0 unspecified atom stereocenters. The summed E-state index contributed by atoms with van der Waals surface area (Å²) < 4.78 is 0. The van der Waals surface area contributed by atoms with E-state index in [4.69, 9.17) is 0 Å². The number of carbonyl (C=O) groups is 2. The van der Waals surface area contributed by atoms with Crippen LogP contribution in [0, 0.1) is 5.92 Å². The third-order valence-corrected chi connectivity index (χ3v) is 2.32. The first kappa shape index (κ1) is 14.1. The van der Waals surface area contributed by atoms with Crippen LogP contribution in [0.15, 0.2) is 0 Å². The van der Waals surface area contributed by atoms with E-state index < -0.39 is 0 Å². The number of Topliss-reactive ketones (excluding diaryl/α,β-unsaturated/α-hetero) is 1. The van der Waals surface area contributed by atoms with Gasteiger partial charge in [-0.1, -0.05) is 27.2 Å². The fourth-order valence-corrected chi connectivity index (χ4v) is 1.20. The van der Waals surface area contributed by atoms with Gasteiger partial charge in [-0.15, -0.1) is 0 Å². The smallest absolute Gasteiger partial charge is 0.219 e. The Hall–Kier alpha value is -0.860. The van der Waals surface area contributed by atoms with Gasteiger partial charge in [-0.3, -0.25) is 9.59 Å². The summed E-state index contributed by atoms with van der Waals surface area (Å²) in [6, 6.07) is 0. The highest BCUT2D eigenvalue weighted by molar-refractivity contribution is 5.80. The Morgan fingerprint density at radius 1 is 1.13 bits per heavy atom. The van der Waals surface area contributed by atoms with Crippen LogP contribution >= 0.6 is 0 Å². The second-order valence-corrected chi connectivity index (χ2v) is 4.18. The summed E-state index contributed by atoms with van der Waals surface area (Å²) in [7, 11) is 0. The van der Waals surface area contributed by atoms with Gasteiger partial charge in [-0.05, 0) is 12.8 Å². The normalized spacial score (nSPS) is 10.4. The van der Waals surface area contributed by atoms with Gasteiger partial charge in [-0.25, -0.2) is 0 Å². The lowest BCUT2D eigenvalue weighted by Gasteiger charge is -2.05. The van der Waals surface area contributed by atoms with Gasteiger partial charge >= 0.3 is 0 Å². The molecule has 0 saturated carbocycles. The third-order valence-electron chi connectivity index (χ3n) is 2.32. The van der Waals surface area contributed by atoms with Gasteiger partial charge in [0.05, 0.1) is 0 Å². The second-order valence-electron chi connectivity index (χ2n) is 4.18. The molecule has 0 atom stereocenters. The molecule has 0 aromatic carbocycles. The number of unbranched alkanes of at least 4 members (excludes halogenated alkanes) is 1. The number of carbonyl (C=O) groups excluding carboxylic acids is 2. The number of ketones is 1. The molecule has 0 aromatic heterocycles. The minimum Gasteiger partial charge on any atom is -0.356 e. The Bertz CT molecular complexity index is 200. The first-order valence-corrected chi connectivity index (χ1v) is 5.87. The average molecular weight is 213 g/mol. The highest BCUT2D eigenvalue weighted by atomic mass is 16.1. The standard InChI is InChI=1S/C12H23NO2/c1-4-5-8-12(15)13-9-6-7-11(14)10(2)3/h10H,4-9H2,1-3H3,(H,13,15). The van der Waals surface area contributed by atoms with Crippen LogP contribution in [0.4, 0.5) is 0 Å². The lowest BCUT2D eigenvalue weighted by molar-refractivity contribution is -0.123. The van der Waals surface area contributed by atoms with Crippen LogP contribution in [-0.2, 0) is 9.59 Å². The zero-order valence-corrected chi connectivity index (χ0v) is 10.1. The molecule has 88 valence electrons. The van der Waals surface area contributed by atoms with Gasteiger partial charge in [0, 0.05) is 25.3 Å². The molecule has 1 amide bonds. The van der Waals surface area contributed by atoms with Crippen molar-refractivity contribution >= 4 is 11.7 Å². The summed E-state index contributed by atoms with van der Waals surface area (Å²) in [6.07, 6.45) is 3.92. The number of rotatable bonds is 8. The van der Waals surface area contributed by atoms with E-state index in [1.54, 1.807) is 0 Å². The number of hydrogen-bond donors (Lipinski definition) is 1. The Balaban J connectivity index is 3.38. The predicted molar refractivity (Wildman–Crippen MR) is 61.6 cm³/mol. The maximum Gasteiger partial charge on any atom is 0.219 e. The van der Waals surface area contributed by atoms with E-state index in [0.717, 1.165) is 19.3 Å². The second kappa shape index (κ2) is 8.45. The van der Waals surface area contributed by atoms with Crippen molar-refractivity contribution in [3.8, 4) is 0 Å². The highest BCUT2D eigenvalue weighted by Gasteiger charge is 2.06. The van der Waals surface area contributed by atoms with Crippen molar-refractivity contribution in [2.75, 3.05) is 6.54 Å². The molecule has 0 aromatic rings. The summed E-state index contributed by atoms with van der Waals surface area (Å²) in [6.45, 7) is 6.50. The van der Waals surface area contributed by atoms with Gasteiger partial charge in [0.15, 0.2) is 0 Å². The van der Waals surface area contributed by atoms with Crippen molar-refractivity contribution in [1.82, 2.24) is 5.32 Å².